The largest absolute Gasteiger partial charge is 0.310 e. The summed E-state index contributed by atoms with van der Waals surface area (Å²) in [5.74, 6) is 0. The third kappa shape index (κ3) is 5.94. The van der Waals surface area contributed by atoms with Gasteiger partial charge in [0.2, 0.25) is 0 Å². The second-order valence-corrected chi connectivity index (χ2v) is 17.7. The highest BCUT2D eigenvalue weighted by molar-refractivity contribution is 7.99. The summed E-state index contributed by atoms with van der Waals surface area (Å²) in [4.78, 5) is 5.05. The van der Waals surface area contributed by atoms with Crippen LogP contribution in [-0.2, 0) is 5.41 Å². The van der Waals surface area contributed by atoms with E-state index in [2.05, 4.69) is 242 Å². The molecule has 0 unspecified atom stereocenters. The molecular weight excluding hydrogens is 767 g/mol. The van der Waals surface area contributed by atoms with Crippen molar-refractivity contribution in [3.63, 3.8) is 0 Å². The van der Waals surface area contributed by atoms with Gasteiger partial charge in [0, 0.05) is 37.7 Å². The fourth-order valence-electron chi connectivity index (χ4n) is 10.0. The molecule has 10 aromatic rings. The van der Waals surface area contributed by atoms with Gasteiger partial charge in [-0.15, -0.1) is 0 Å². The topological polar surface area (TPSA) is 3.24 Å². The summed E-state index contributed by atoms with van der Waals surface area (Å²) in [6.45, 7) is 2.40. The van der Waals surface area contributed by atoms with Crippen LogP contribution in [0.25, 0.3) is 66.4 Å². The third-order valence-electron chi connectivity index (χ3n) is 13.1. The Balaban J connectivity index is 0.971. The van der Waals surface area contributed by atoms with Crippen LogP contribution >= 0.6 is 11.8 Å². The SMILES string of the molecule is CC1(c2cccc(N(c3ccc(-c4ccc(-c5ccccc5)cc4)cc3)c3cccc(-c4ccc5c(c4)-c4cccc6cccc(c46)S5)c3)c2)c2ccccc2-c2ccccc21. The lowest BCUT2D eigenvalue weighted by Gasteiger charge is -2.31. The zero-order valence-corrected chi connectivity index (χ0v) is 35.1. The van der Waals surface area contributed by atoms with Crippen LogP contribution in [0.3, 0.4) is 0 Å². The first-order valence-electron chi connectivity index (χ1n) is 21.4. The zero-order valence-electron chi connectivity index (χ0n) is 34.3. The molecule has 2 heteroatoms. The van der Waals surface area contributed by atoms with Crippen molar-refractivity contribution < 1.29 is 0 Å². The normalized spacial score (nSPS) is 13.0. The van der Waals surface area contributed by atoms with Crippen LogP contribution in [0.15, 0.2) is 240 Å². The van der Waals surface area contributed by atoms with Gasteiger partial charge in [-0.25, -0.2) is 0 Å². The van der Waals surface area contributed by atoms with Gasteiger partial charge in [0.15, 0.2) is 0 Å². The molecule has 0 saturated heterocycles. The molecule has 0 saturated carbocycles. The molecular formula is C60H41NS. The van der Waals surface area contributed by atoms with Gasteiger partial charge in [-0.3, -0.25) is 0 Å². The molecule has 0 N–H and O–H groups in total. The Morgan fingerprint density at radius 1 is 0.339 bits per heavy atom. The summed E-state index contributed by atoms with van der Waals surface area (Å²) in [5, 5.41) is 2.64. The standard InChI is InChI=1S/C60H41NS/c1-60(55-24-7-5-21-51(55)52-22-6-8-25-56(52)60)47-18-12-20-50(39-47)61(48-34-31-43(32-35-48)42-29-27-41(28-30-42)40-13-3-2-4-14-40)49-19-9-17-45(37-49)46-33-36-57-54(38-46)53-23-10-15-44-16-11-26-58(62-57)59(44)53/h2-39H,1H3. The fraction of sp³-hybridized carbons (Fsp3) is 0.0333. The number of nitrogens with zero attached hydrogens (tertiary/aromatic N) is 1. The quantitative estimate of drug-likeness (QED) is 0.158. The average molecular weight is 808 g/mol. The van der Waals surface area contributed by atoms with Crippen LogP contribution in [0.1, 0.15) is 23.6 Å². The summed E-state index contributed by atoms with van der Waals surface area (Å²) in [7, 11) is 0. The number of rotatable bonds is 7. The van der Waals surface area contributed by atoms with Crippen LogP contribution < -0.4 is 4.90 Å². The van der Waals surface area contributed by atoms with E-state index in [1.54, 1.807) is 0 Å². The van der Waals surface area contributed by atoms with Gasteiger partial charge in [-0.2, -0.15) is 0 Å². The maximum absolute atomic E-state index is 2.43. The second kappa shape index (κ2) is 14.7. The van der Waals surface area contributed by atoms with Gasteiger partial charge in [0.05, 0.1) is 0 Å². The molecule has 0 atom stereocenters. The Bertz CT molecular complexity index is 3280. The molecule has 1 heterocycles. The maximum atomic E-state index is 2.43. The molecule has 0 fully saturated rings. The van der Waals surface area contributed by atoms with E-state index in [9.17, 15) is 0 Å². The molecule has 0 spiro atoms. The Morgan fingerprint density at radius 2 is 0.855 bits per heavy atom. The Kier molecular flexibility index (Phi) is 8.62. The van der Waals surface area contributed by atoms with Gasteiger partial charge in [-0.05, 0) is 139 Å². The van der Waals surface area contributed by atoms with Gasteiger partial charge >= 0.3 is 0 Å². The van der Waals surface area contributed by atoms with Crippen LogP contribution in [-0.4, -0.2) is 0 Å². The molecule has 10 aromatic carbocycles. The first-order chi connectivity index (χ1) is 30.6. The van der Waals surface area contributed by atoms with Crippen LogP contribution in [0.5, 0.6) is 0 Å². The molecule has 1 aliphatic carbocycles. The maximum Gasteiger partial charge on any atom is 0.0467 e. The monoisotopic (exact) mass is 807 g/mol. The van der Waals surface area contributed by atoms with Crippen molar-refractivity contribution in [3.8, 4) is 55.6 Å². The van der Waals surface area contributed by atoms with E-state index in [0.29, 0.717) is 0 Å². The lowest BCUT2D eigenvalue weighted by atomic mass is 9.74. The van der Waals surface area contributed by atoms with Crippen LogP contribution in [0.4, 0.5) is 17.1 Å². The summed E-state index contributed by atoms with van der Waals surface area (Å²) >= 11 is 1.88. The summed E-state index contributed by atoms with van der Waals surface area (Å²) in [5.41, 5.74) is 19.4. The average Bonchev–Trinajstić information content (AvgIpc) is 3.61. The lowest BCUT2D eigenvalue weighted by molar-refractivity contribution is 0.714. The number of anilines is 3. The predicted octanol–water partition coefficient (Wildman–Crippen LogP) is 16.8. The highest BCUT2D eigenvalue weighted by atomic mass is 32.2. The molecule has 0 aromatic heterocycles. The minimum Gasteiger partial charge on any atom is -0.310 e. The molecule has 1 aliphatic heterocycles. The molecule has 292 valence electrons. The number of hydrogen-bond donors (Lipinski definition) is 0. The molecule has 0 bridgehead atoms. The van der Waals surface area contributed by atoms with Gasteiger partial charge in [0.25, 0.3) is 0 Å². The molecule has 0 radical (unpaired) electrons. The van der Waals surface area contributed by atoms with E-state index in [4.69, 9.17) is 0 Å². The molecule has 12 rings (SSSR count). The van der Waals surface area contributed by atoms with Crippen molar-refractivity contribution in [1.29, 1.82) is 0 Å². The van der Waals surface area contributed by atoms with Gasteiger partial charge in [0.1, 0.15) is 0 Å². The number of benzene rings is 10. The van der Waals surface area contributed by atoms with Crippen molar-refractivity contribution >= 4 is 39.6 Å². The molecule has 2 aliphatic rings. The fourth-order valence-corrected chi connectivity index (χ4v) is 11.2. The highest BCUT2D eigenvalue weighted by Crippen LogP contribution is 2.53. The summed E-state index contributed by atoms with van der Waals surface area (Å²) < 4.78 is 0. The van der Waals surface area contributed by atoms with E-state index in [-0.39, 0.29) is 5.41 Å². The number of hydrogen-bond acceptors (Lipinski definition) is 2. The first-order valence-corrected chi connectivity index (χ1v) is 22.2. The van der Waals surface area contributed by atoms with Crippen molar-refractivity contribution in [2.75, 3.05) is 4.90 Å². The zero-order chi connectivity index (χ0) is 41.2. The third-order valence-corrected chi connectivity index (χ3v) is 14.3. The van der Waals surface area contributed by atoms with Crippen molar-refractivity contribution in [1.82, 2.24) is 0 Å². The van der Waals surface area contributed by atoms with E-state index < -0.39 is 0 Å². The van der Waals surface area contributed by atoms with Crippen molar-refractivity contribution in [3.05, 3.63) is 247 Å². The smallest absolute Gasteiger partial charge is 0.0467 e. The Labute approximate surface area is 367 Å². The van der Waals surface area contributed by atoms with Crippen molar-refractivity contribution in [2.24, 2.45) is 0 Å². The minimum absolute atomic E-state index is 0.310. The summed E-state index contributed by atoms with van der Waals surface area (Å²) in [6, 6.07) is 85.0. The predicted molar refractivity (Wildman–Crippen MR) is 262 cm³/mol. The molecule has 0 amide bonds. The van der Waals surface area contributed by atoms with Crippen LogP contribution in [0, 0.1) is 0 Å². The minimum atomic E-state index is -0.310. The number of fused-ring (bicyclic) bond motifs is 5. The highest BCUT2D eigenvalue weighted by Gasteiger charge is 2.40. The van der Waals surface area contributed by atoms with Gasteiger partial charge < -0.3 is 4.90 Å². The Morgan fingerprint density at radius 3 is 1.56 bits per heavy atom. The van der Waals surface area contributed by atoms with E-state index in [1.165, 1.54) is 92.9 Å². The van der Waals surface area contributed by atoms with Crippen molar-refractivity contribution in [2.45, 2.75) is 22.1 Å². The Hall–Kier alpha value is -7.39. The first kappa shape index (κ1) is 36.5. The van der Waals surface area contributed by atoms with Crippen LogP contribution in [0.2, 0.25) is 0 Å². The van der Waals surface area contributed by atoms with E-state index in [1.807, 2.05) is 11.8 Å². The van der Waals surface area contributed by atoms with Gasteiger partial charge in [-0.1, -0.05) is 188 Å². The molecule has 62 heavy (non-hydrogen) atoms. The summed E-state index contributed by atoms with van der Waals surface area (Å²) in [6.07, 6.45) is 0. The second-order valence-electron chi connectivity index (χ2n) is 16.6. The lowest BCUT2D eigenvalue weighted by Crippen LogP contribution is -2.23. The molecule has 1 nitrogen and oxygen atoms in total. The van der Waals surface area contributed by atoms with E-state index >= 15 is 0 Å². The van der Waals surface area contributed by atoms with E-state index in [0.717, 1.165) is 17.1 Å².